The van der Waals surface area contributed by atoms with E-state index in [1.807, 2.05) is 55.5 Å². The Hall–Kier alpha value is -3.28. The lowest BCUT2D eigenvalue weighted by molar-refractivity contribution is 0.640. The predicted octanol–water partition coefficient (Wildman–Crippen LogP) is 2.46. The number of fused-ring (bicyclic) bond motifs is 3. The van der Waals surface area contributed by atoms with Gasteiger partial charge >= 0.3 is 5.56 Å². The first-order chi connectivity index (χ1) is 11.2. The Morgan fingerprint density at radius 1 is 1.13 bits per heavy atom. The molecule has 4 rings (SSSR count). The van der Waals surface area contributed by atoms with Crippen LogP contribution in [0.4, 0.5) is 0 Å². The number of aromatic nitrogens is 4. The Kier molecular flexibility index (Phi) is 3.01. The van der Waals surface area contributed by atoms with Gasteiger partial charge in [0.05, 0.1) is 6.21 Å². The van der Waals surface area contributed by atoms with E-state index in [1.54, 1.807) is 6.21 Å². The number of rotatable bonds is 2. The molecule has 0 spiro atoms. The predicted molar refractivity (Wildman–Crippen MR) is 89.8 cm³/mol. The van der Waals surface area contributed by atoms with Gasteiger partial charge in [0.25, 0.3) is 0 Å². The van der Waals surface area contributed by atoms with Crippen LogP contribution in [-0.2, 0) is 0 Å². The zero-order valence-electron chi connectivity index (χ0n) is 12.4. The Bertz CT molecular complexity index is 1090. The molecule has 0 aliphatic carbocycles. The van der Waals surface area contributed by atoms with Crippen LogP contribution >= 0.6 is 0 Å². The highest BCUT2D eigenvalue weighted by Gasteiger charge is 2.10. The minimum atomic E-state index is -0.324. The molecular weight excluding hydrogens is 290 g/mol. The molecule has 2 aromatic carbocycles. The van der Waals surface area contributed by atoms with E-state index < -0.39 is 0 Å². The third kappa shape index (κ3) is 2.30. The smallest absolute Gasteiger partial charge is 0.315 e. The monoisotopic (exact) mass is 303 g/mol. The molecule has 0 bridgehead atoms. The molecule has 0 saturated heterocycles. The van der Waals surface area contributed by atoms with Crippen molar-refractivity contribution in [2.24, 2.45) is 5.10 Å². The van der Waals surface area contributed by atoms with E-state index in [2.05, 4.69) is 20.4 Å². The van der Waals surface area contributed by atoms with Gasteiger partial charge in [-0.3, -0.25) is 4.79 Å². The average molecular weight is 303 g/mol. The molecule has 112 valence electrons. The second kappa shape index (κ2) is 5.17. The van der Waals surface area contributed by atoms with Gasteiger partial charge in [0.1, 0.15) is 11.0 Å². The quantitative estimate of drug-likeness (QED) is 0.578. The van der Waals surface area contributed by atoms with Crippen molar-refractivity contribution in [3.63, 3.8) is 0 Å². The number of nitrogens with zero attached hydrogens (tertiary/aromatic N) is 4. The van der Waals surface area contributed by atoms with Crippen LogP contribution in [0.5, 0.6) is 0 Å². The molecule has 2 heterocycles. The highest BCUT2D eigenvalue weighted by atomic mass is 16.1. The van der Waals surface area contributed by atoms with Gasteiger partial charge in [-0.05, 0) is 23.8 Å². The first-order valence-corrected chi connectivity index (χ1v) is 7.20. The molecule has 0 saturated carbocycles. The van der Waals surface area contributed by atoms with Crippen molar-refractivity contribution in [2.75, 3.05) is 0 Å². The number of aromatic amines is 1. The van der Waals surface area contributed by atoms with Crippen LogP contribution in [0.3, 0.4) is 0 Å². The molecule has 4 aromatic rings. The Morgan fingerprint density at radius 2 is 1.91 bits per heavy atom. The fourth-order valence-electron chi connectivity index (χ4n) is 2.46. The van der Waals surface area contributed by atoms with Gasteiger partial charge in [-0.15, -0.1) is 5.10 Å². The summed E-state index contributed by atoms with van der Waals surface area (Å²) < 4.78 is 0. The molecule has 0 fully saturated rings. The van der Waals surface area contributed by atoms with Crippen molar-refractivity contribution in [3.05, 3.63) is 70.0 Å². The van der Waals surface area contributed by atoms with Gasteiger partial charge in [-0.2, -0.15) is 5.10 Å². The molecule has 0 unspecified atom stereocenters. The van der Waals surface area contributed by atoms with E-state index in [0.29, 0.717) is 11.0 Å². The molecule has 0 aliphatic rings. The Balaban J connectivity index is 1.82. The number of hydrogen-bond donors (Lipinski definition) is 1. The summed E-state index contributed by atoms with van der Waals surface area (Å²) in [7, 11) is 0. The van der Waals surface area contributed by atoms with Gasteiger partial charge in [-0.1, -0.05) is 52.8 Å². The lowest BCUT2D eigenvalue weighted by Crippen LogP contribution is -2.20. The van der Waals surface area contributed by atoms with Crippen LogP contribution < -0.4 is 5.56 Å². The van der Waals surface area contributed by atoms with Gasteiger partial charge in [0.15, 0.2) is 0 Å². The summed E-state index contributed by atoms with van der Waals surface area (Å²) in [5.74, 6) is 0. The number of aryl methyl sites for hydroxylation is 1. The fraction of sp³-hybridized carbons (Fsp3) is 0.0588. The normalized spacial score (nSPS) is 11.7. The summed E-state index contributed by atoms with van der Waals surface area (Å²) in [5, 5.41) is 13.0. The van der Waals surface area contributed by atoms with Gasteiger partial charge in [0.2, 0.25) is 0 Å². The zero-order chi connectivity index (χ0) is 15.8. The van der Waals surface area contributed by atoms with E-state index in [-0.39, 0.29) is 5.56 Å². The standard InChI is InChI=1S/C17H13N5O/c1-11-6-8-12(9-7-11)10-18-22-17(23)16-15(20-21-22)13-4-2-3-5-14(13)19-16/h2-10,19H,1H3/b18-10+. The van der Waals surface area contributed by atoms with E-state index >= 15 is 0 Å². The molecule has 0 aliphatic heterocycles. The topological polar surface area (TPSA) is 75.9 Å². The van der Waals surface area contributed by atoms with Crippen LogP contribution in [0.25, 0.3) is 21.9 Å². The molecule has 0 amide bonds. The number of benzene rings is 2. The number of para-hydroxylation sites is 1. The second-order valence-corrected chi connectivity index (χ2v) is 5.33. The molecular formula is C17H13N5O. The maximum absolute atomic E-state index is 12.5. The highest BCUT2D eigenvalue weighted by molar-refractivity contribution is 6.04. The summed E-state index contributed by atoms with van der Waals surface area (Å²) in [6, 6.07) is 15.4. The maximum atomic E-state index is 12.5. The molecule has 6 nitrogen and oxygen atoms in total. The van der Waals surface area contributed by atoms with Crippen LogP contribution in [0.1, 0.15) is 11.1 Å². The van der Waals surface area contributed by atoms with Crippen LogP contribution in [0.15, 0.2) is 58.4 Å². The van der Waals surface area contributed by atoms with Crippen LogP contribution in [0.2, 0.25) is 0 Å². The Morgan fingerprint density at radius 3 is 2.74 bits per heavy atom. The maximum Gasteiger partial charge on any atom is 0.315 e. The van der Waals surface area contributed by atoms with E-state index in [0.717, 1.165) is 21.3 Å². The number of H-pyrrole nitrogens is 1. The first-order valence-electron chi connectivity index (χ1n) is 7.20. The van der Waals surface area contributed by atoms with Gasteiger partial charge < -0.3 is 4.98 Å². The van der Waals surface area contributed by atoms with Crippen molar-refractivity contribution in [2.45, 2.75) is 6.92 Å². The first kappa shape index (κ1) is 13.4. The number of nitrogens with one attached hydrogen (secondary N) is 1. The summed E-state index contributed by atoms with van der Waals surface area (Å²) >= 11 is 0. The molecule has 1 N–H and O–H groups in total. The minimum Gasteiger partial charge on any atom is -0.348 e. The fourth-order valence-corrected chi connectivity index (χ4v) is 2.46. The molecule has 0 radical (unpaired) electrons. The lowest BCUT2D eigenvalue weighted by Gasteiger charge is -1.96. The molecule has 2 aromatic heterocycles. The van der Waals surface area contributed by atoms with E-state index in [1.165, 1.54) is 5.56 Å². The van der Waals surface area contributed by atoms with Crippen LogP contribution in [0, 0.1) is 6.92 Å². The van der Waals surface area contributed by atoms with Crippen molar-refractivity contribution >= 4 is 28.2 Å². The second-order valence-electron chi connectivity index (χ2n) is 5.33. The van der Waals surface area contributed by atoms with Crippen molar-refractivity contribution in [1.29, 1.82) is 0 Å². The molecule has 23 heavy (non-hydrogen) atoms. The average Bonchev–Trinajstić information content (AvgIpc) is 2.95. The summed E-state index contributed by atoms with van der Waals surface area (Å²) in [6.45, 7) is 2.01. The summed E-state index contributed by atoms with van der Waals surface area (Å²) in [5.41, 5.74) is 3.55. The highest BCUT2D eigenvalue weighted by Crippen LogP contribution is 2.19. The van der Waals surface area contributed by atoms with Crippen molar-refractivity contribution in [1.82, 2.24) is 20.1 Å². The third-order valence-corrected chi connectivity index (χ3v) is 3.70. The van der Waals surface area contributed by atoms with Crippen molar-refractivity contribution in [3.8, 4) is 0 Å². The van der Waals surface area contributed by atoms with Gasteiger partial charge in [0, 0.05) is 10.9 Å². The Labute approximate surface area is 131 Å². The summed E-state index contributed by atoms with van der Waals surface area (Å²) in [4.78, 5) is 16.6. The van der Waals surface area contributed by atoms with Crippen LogP contribution in [-0.4, -0.2) is 26.3 Å². The SMILES string of the molecule is Cc1ccc(/C=N/n2nnc3c([nH]c4ccccc43)c2=O)cc1. The largest absolute Gasteiger partial charge is 0.348 e. The van der Waals surface area contributed by atoms with Crippen molar-refractivity contribution < 1.29 is 0 Å². The lowest BCUT2D eigenvalue weighted by atomic mass is 10.2. The van der Waals surface area contributed by atoms with E-state index in [9.17, 15) is 4.79 Å². The van der Waals surface area contributed by atoms with Gasteiger partial charge in [-0.25, -0.2) is 0 Å². The number of hydrogen-bond acceptors (Lipinski definition) is 4. The van der Waals surface area contributed by atoms with E-state index in [4.69, 9.17) is 0 Å². The summed E-state index contributed by atoms with van der Waals surface area (Å²) in [6.07, 6.45) is 1.59. The zero-order valence-corrected chi connectivity index (χ0v) is 12.4. The molecule has 6 heteroatoms. The minimum absolute atomic E-state index is 0.324. The third-order valence-electron chi connectivity index (χ3n) is 3.70. The molecule has 0 atom stereocenters.